The van der Waals surface area contributed by atoms with Gasteiger partial charge in [0.25, 0.3) is 0 Å². The minimum absolute atomic E-state index is 0. The third-order valence-corrected chi connectivity index (χ3v) is 2.13. The summed E-state index contributed by atoms with van der Waals surface area (Å²) in [6, 6.07) is 7.74. The van der Waals surface area contributed by atoms with Crippen LogP contribution in [0.5, 0.6) is 0 Å². The van der Waals surface area contributed by atoms with Gasteiger partial charge in [0.05, 0.1) is 0 Å². The summed E-state index contributed by atoms with van der Waals surface area (Å²) < 4.78 is 4.77. The molecule has 1 amide bonds. The largest absolute Gasteiger partial charge is 0.375 e. The predicted octanol–water partition coefficient (Wildman–Crippen LogP) is 1.80. The summed E-state index contributed by atoms with van der Waals surface area (Å²) in [7, 11) is 1.50. The van der Waals surface area contributed by atoms with Crippen LogP contribution >= 0.6 is 12.4 Å². The zero-order valence-corrected chi connectivity index (χ0v) is 11.0. The first kappa shape index (κ1) is 15.9. The van der Waals surface area contributed by atoms with Crippen molar-refractivity contribution in [3.8, 4) is 0 Å². The zero-order chi connectivity index (χ0) is 11.8. The molecule has 0 aliphatic heterocycles. The third-order valence-electron chi connectivity index (χ3n) is 2.13. The number of anilines is 1. The Morgan fingerprint density at radius 1 is 1.35 bits per heavy atom. The van der Waals surface area contributed by atoms with E-state index in [0.717, 1.165) is 24.3 Å². The lowest BCUT2D eigenvalue weighted by Crippen LogP contribution is -2.19. The molecule has 0 saturated heterocycles. The van der Waals surface area contributed by atoms with Crippen molar-refractivity contribution in [2.24, 2.45) is 0 Å². The number of carbonyl (C=O) groups excluding carboxylic acids is 1. The molecule has 17 heavy (non-hydrogen) atoms. The molecule has 96 valence electrons. The van der Waals surface area contributed by atoms with Crippen LogP contribution in [0, 0.1) is 0 Å². The van der Waals surface area contributed by atoms with Gasteiger partial charge in [-0.3, -0.25) is 4.79 Å². The van der Waals surface area contributed by atoms with Gasteiger partial charge in [-0.1, -0.05) is 25.1 Å². The number of halogens is 1. The highest BCUT2D eigenvalue weighted by molar-refractivity contribution is 5.92. The second-order valence-electron chi connectivity index (χ2n) is 3.42. The van der Waals surface area contributed by atoms with Gasteiger partial charge in [0, 0.05) is 19.3 Å². The summed E-state index contributed by atoms with van der Waals surface area (Å²) in [5.41, 5.74) is 1.92. The van der Waals surface area contributed by atoms with E-state index >= 15 is 0 Å². The molecule has 0 atom stereocenters. The number of rotatable bonds is 6. The Bertz CT molecular complexity index is 345. The molecule has 0 fully saturated rings. The molecule has 1 rings (SSSR count). The minimum atomic E-state index is -0.133. The molecule has 0 bridgehead atoms. The fourth-order valence-corrected chi connectivity index (χ4v) is 1.37. The van der Waals surface area contributed by atoms with E-state index in [0.29, 0.717) is 0 Å². The first-order valence-electron chi connectivity index (χ1n) is 5.35. The molecule has 0 aliphatic rings. The number of benzene rings is 1. The number of carbonyl (C=O) groups is 1. The Morgan fingerprint density at radius 3 is 2.71 bits per heavy atom. The van der Waals surface area contributed by atoms with Gasteiger partial charge in [-0.05, 0) is 18.2 Å². The van der Waals surface area contributed by atoms with Gasteiger partial charge in [0.1, 0.15) is 6.61 Å². The monoisotopic (exact) mass is 258 g/mol. The van der Waals surface area contributed by atoms with E-state index in [1.807, 2.05) is 31.2 Å². The predicted molar refractivity (Wildman–Crippen MR) is 71.6 cm³/mol. The van der Waals surface area contributed by atoms with E-state index in [2.05, 4.69) is 10.6 Å². The number of methoxy groups -OCH3 is 1. The highest BCUT2D eigenvalue weighted by atomic mass is 35.5. The van der Waals surface area contributed by atoms with Gasteiger partial charge in [-0.2, -0.15) is 0 Å². The highest BCUT2D eigenvalue weighted by Gasteiger charge is 2.05. The molecule has 5 heteroatoms. The number of nitrogens with one attached hydrogen (secondary N) is 2. The van der Waals surface area contributed by atoms with Gasteiger partial charge in [-0.25, -0.2) is 0 Å². The zero-order valence-electron chi connectivity index (χ0n) is 10.2. The van der Waals surface area contributed by atoms with E-state index in [1.54, 1.807) is 0 Å². The number of hydrogen-bond donors (Lipinski definition) is 2. The summed E-state index contributed by atoms with van der Waals surface area (Å²) in [4.78, 5) is 11.4. The van der Waals surface area contributed by atoms with Crippen LogP contribution in [0.1, 0.15) is 12.5 Å². The van der Waals surface area contributed by atoms with Gasteiger partial charge in [-0.15, -0.1) is 12.4 Å². The molecule has 0 saturated carbocycles. The SMILES string of the molecule is CCNCc1ccccc1NC(=O)COC.Cl. The summed E-state index contributed by atoms with van der Waals surface area (Å²) in [6.45, 7) is 3.78. The second kappa shape index (κ2) is 8.98. The Kier molecular flexibility index (Phi) is 8.40. The molecule has 0 radical (unpaired) electrons. The third kappa shape index (κ3) is 5.68. The van der Waals surface area contributed by atoms with E-state index in [9.17, 15) is 4.79 Å². The van der Waals surface area contributed by atoms with Crippen LogP contribution in [0.3, 0.4) is 0 Å². The molecule has 0 aliphatic carbocycles. The topological polar surface area (TPSA) is 50.4 Å². The molecular weight excluding hydrogens is 240 g/mol. The quantitative estimate of drug-likeness (QED) is 0.818. The van der Waals surface area contributed by atoms with Gasteiger partial charge < -0.3 is 15.4 Å². The molecule has 0 spiro atoms. The molecule has 0 unspecified atom stereocenters. The van der Waals surface area contributed by atoms with E-state index in [-0.39, 0.29) is 24.9 Å². The standard InChI is InChI=1S/C12H18N2O2.ClH/c1-3-13-8-10-6-4-5-7-11(10)14-12(15)9-16-2;/h4-7,13H,3,8-9H2,1-2H3,(H,14,15);1H. The highest BCUT2D eigenvalue weighted by Crippen LogP contribution is 2.14. The Labute approximate surface area is 108 Å². The average molecular weight is 259 g/mol. The summed E-state index contributed by atoms with van der Waals surface area (Å²) in [5, 5.41) is 6.04. The van der Waals surface area contributed by atoms with E-state index in [4.69, 9.17) is 4.74 Å². The number of hydrogen-bond acceptors (Lipinski definition) is 3. The average Bonchev–Trinajstić information content (AvgIpc) is 2.28. The van der Waals surface area contributed by atoms with Crippen LogP contribution in [0.4, 0.5) is 5.69 Å². The fourth-order valence-electron chi connectivity index (χ4n) is 1.37. The molecule has 1 aromatic carbocycles. The minimum Gasteiger partial charge on any atom is -0.375 e. The van der Waals surface area contributed by atoms with Crippen molar-refractivity contribution in [2.45, 2.75) is 13.5 Å². The van der Waals surface area contributed by atoms with Crippen molar-refractivity contribution in [1.29, 1.82) is 0 Å². The van der Waals surface area contributed by atoms with Crippen molar-refractivity contribution in [2.75, 3.05) is 25.6 Å². The van der Waals surface area contributed by atoms with Crippen LogP contribution in [-0.2, 0) is 16.1 Å². The molecular formula is C12H19ClN2O2. The van der Waals surface area contributed by atoms with Crippen LogP contribution in [0.25, 0.3) is 0 Å². The lowest BCUT2D eigenvalue weighted by molar-refractivity contribution is -0.119. The molecule has 0 heterocycles. The summed E-state index contributed by atoms with van der Waals surface area (Å²) in [5.74, 6) is -0.133. The summed E-state index contributed by atoms with van der Waals surface area (Å²) >= 11 is 0. The molecule has 4 nitrogen and oxygen atoms in total. The molecule has 1 aromatic rings. The maximum absolute atomic E-state index is 11.4. The lowest BCUT2D eigenvalue weighted by Gasteiger charge is -2.10. The maximum Gasteiger partial charge on any atom is 0.250 e. The summed E-state index contributed by atoms with van der Waals surface area (Å²) in [6.07, 6.45) is 0. The Balaban J connectivity index is 0.00000256. The van der Waals surface area contributed by atoms with Crippen LogP contribution in [0.2, 0.25) is 0 Å². The van der Waals surface area contributed by atoms with Crippen molar-refractivity contribution in [1.82, 2.24) is 5.32 Å². The van der Waals surface area contributed by atoms with E-state index in [1.165, 1.54) is 7.11 Å². The number of para-hydroxylation sites is 1. The van der Waals surface area contributed by atoms with Gasteiger partial charge in [0.2, 0.25) is 5.91 Å². The molecule has 2 N–H and O–H groups in total. The Morgan fingerprint density at radius 2 is 2.06 bits per heavy atom. The number of ether oxygens (including phenoxy) is 1. The Hall–Kier alpha value is -1.10. The van der Waals surface area contributed by atoms with E-state index < -0.39 is 0 Å². The van der Waals surface area contributed by atoms with Crippen LogP contribution in [-0.4, -0.2) is 26.2 Å². The second-order valence-corrected chi connectivity index (χ2v) is 3.42. The first-order chi connectivity index (χ1) is 7.77. The lowest BCUT2D eigenvalue weighted by atomic mass is 10.1. The smallest absolute Gasteiger partial charge is 0.250 e. The fraction of sp³-hybridized carbons (Fsp3) is 0.417. The van der Waals surface area contributed by atoms with Crippen molar-refractivity contribution in [3.05, 3.63) is 29.8 Å². The van der Waals surface area contributed by atoms with Gasteiger partial charge >= 0.3 is 0 Å². The van der Waals surface area contributed by atoms with Crippen LogP contribution < -0.4 is 10.6 Å². The normalized spacial score (nSPS) is 9.53. The van der Waals surface area contributed by atoms with Crippen LogP contribution in [0.15, 0.2) is 24.3 Å². The molecule has 0 aromatic heterocycles. The first-order valence-corrected chi connectivity index (χ1v) is 5.35. The maximum atomic E-state index is 11.4. The van der Waals surface area contributed by atoms with Gasteiger partial charge in [0.15, 0.2) is 0 Å². The van der Waals surface area contributed by atoms with Crippen molar-refractivity contribution >= 4 is 24.0 Å². The van der Waals surface area contributed by atoms with Crippen molar-refractivity contribution < 1.29 is 9.53 Å². The number of amides is 1. The van der Waals surface area contributed by atoms with Crippen molar-refractivity contribution in [3.63, 3.8) is 0 Å².